The number of carbonyl (C=O) groups is 1. The zero-order chi connectivity index (χ0) is 23.0. The van der Waals surface area contributed by atoms with Gasteiger partial charge in [-0.05, 0) is 56.9 Å². The highest BCUT2D eigenvalue weighted by atomic mass is 35.5. The molecule has 0 spiro atoms. The third-order valence-electron chi connectivity index (χ3n) is 5.58. The normalized spacial score (nSPS) is 14.4. The number of nitrogens with zero attached hydrogens (tertiary/aromatic N) is 5. The molecule has 1 amide bonds. The molecule has 32 heavy (non-hydrogen) atoms. The van der Waals surface area contributed by atoms with E-state index in [4.69, 9.17) is 11.6 Å². The smallest absolute Gasteiger partial charge is 0.370 e. The van der Waals surface area contributed by atoms with Gasteiger partial charge in [0.2, 0.25) is 5.91 Å². The van der Waals surface area contributed by atoms with E-state index < -0.39 is 12.0 Å². The van der Waals surface area contributed by atoms with Gasteiger partial charge in [0.05, 0.1) is 11.4 Å². The van der Waals surface area contributed by atoms with E-state index in [1.807, 2.05) is 6.07 Å². The van der Waals surface area contributed by atoms with Crippen molar-refractivity contribution in [1.29, 1.82) is 0 Å². The Hall–Kier alpha value is -2.88. The lowest BCUT2D eigenvalue weighted by Gasteiger charge is -2.22. The Bertz CT molecular complexity index is 1170. The molecular formula is C21H22ClF3N6O. The van der Waals surface area contributed by atoms with Gasteiger partial charge in [0.15, 0.2) is 0 Å². The molecule has 7 nitrogen and oxygen atoms in total. The Kier molecular flexibility index (Phi) is 5.98. The molecule has 1 aliphatic heterocycles. The monoisotopic (exact) mass is 466 g/mol. The minimum atomic E-state index is -4.65. The third kappa shape index (κ3) is 4.50. The molecule has 0 radical (unpaired) electrons. The Labute approximate surface area is 187 Å². The Balaban J connectivity index is 1.52. The average Bonchev–Trinajstić information content (AvgIpc) is 3.37. The van der Waals surface area contributed by atoms with E-state index >= 15 is 0 Å². The number of fused-ring (bicyclic) bond motifs is 1. The lowest BCUT2D eigenvalue weighted by atomic mass is 10.1. The Morgan fingerprint density at radius 1 is 1.19 bits per heavy atom. The maximum absolute atomic E-state index is 13.0. The van der Waals surface area contributed by atoms with Gasteiger partial charge in [-0.1, -0.05) is 11.6 Å². The number of hydrogen-bond donors (Lipinski definition) is 1. The number of aromatic nitrogens is 4. The summed E-state index contributed by atoms with van der Waals surface area (Å²) in [7, 11) is 0. The van der Waals surface area contributed by atoms with Crippen molar-refractivity contribution in [3.63, 3.8) is 0 Å². The number of alkyl halides is 3. The second kappa shape index (κ2) is 8.57. The minimum absolute atomic E-state index is 0.116. The van der Waals surface area contributed by atoms with Crippen molar-refractivity contribution in [2.45, 2.75) is 45.7 Å². The van der Waals surface area contributed by atoms with E-state index in [1.165, 1.54) is 0 Å². The minimum Gasteiger partial charge on any atom is -0.370 e. The highest BCUT2D eigenvalue weighted by Gasteiger charge is 2.37. The summed E-state index contributed by atoms with van der Waals surface area (Å²) in [6.45, 7) is 5.18. The van der Waals surface area contributed by atoms with E-state index in [9.17, 15) is 18.0 Å². The SMILES string of the molecule is Cc1nc2nc(C(F)(F)F)nn2c(C)c1CCC(=O)Nc1cc(Cl)ccc1N1CCCC1. The van der Waals surface area contributed by atoms with E-state index in [0.29, 0.717) is 34.1 Å². The summed E-state index contributed by atoms with van der Waals surface area (Å²) in [5.41, 5.74) is 3.24. The van der Waals surface area contributed by atoms with Crippen molar-refractivity contribution in [1.82, 2.24) is 19.6 Å². The number of aryl methyl sites for hydroxylation is 2. The van der Waals surface area contributed by atoms with E-state index in [0.717, 1.165) is 36.1 Å². The topological polar surface area (TPSA) is 75.4 Å². The summed E-state index contributed by atoms with van der Waals surface area (Å²) in [6, 6.07) is 5.43. The van der Waals surface area contributed by atoms with Crippen LogP contribution in [0.25, 0.3) is 5.78 Å². The van der Waals surface area contributed by atoms with E-state index in [1.54, 1.807) is 26.0 Å². The van der Waals surface area contributed by atoms with Crippen LogP contribution in [0.4, 0.5) is 24.5 Å². The van der Waals surface area contributed by atoms with Crippen LogP contribution in [0.15, 0.2) is 18.2 Å². The molecule has 3 heterocycles. The molecule has 11 heteroatoms. The van der Waals surface area contributed by atoms with Crippen molar-refractivity contribution in [2.24, 2.45) is 0 Å². The molecule has 3 aromatic rings. The number of carbonyl (C=O) groups excluding carboxylic acids is 1. The number of halogens is 4. The molecule has 0 atom stereocenters. The predicted molar refractivity (Wildman–Crippen MR) is 115 cm³/mol. The Morgan fingerprint density at radius 2 is 1.91 bits per heavy atom. The molecular weight excluding hydrogens is 445 g/mol. The maximum Gasteiger partial charge on any atom is 0.453 e. The predicted octanol–water partition coefficient (Wildman–Crippen LogP) is 4.58. The standard InChI is InChI=1S/C21H22ClF3N6O/c1-12-15(13(2)31-20(26-12)28-19(29-31)21(23,24)25)6-8-18(32)27-16-11-14(22)5-7-17(16)30-9-3-4-10-30/h5,7,11H,3-4,6,8-10H2,1-2H3,(H,27,32). The van der Waals surface area contributed by atoms with Gasteiger partial charge < -0.3 is 10.2 Å². The van der Waals surface area contributed by atoms with Crippen LogP contribution in [-0.4, -0.2) is 38.6 Å². The number of anilines is 2. The van der Waals surface area contributed by atoms with Gasteiger partial charge in [0, 0.05) is 35.9 Å². The van der Waals surface area contributed by atoms with Crippen molar-refractivity contribution >= 4 is 34.7 Å². The molecule has 0 aliphatic carbocycles. The van der Waals surface area contributed by atoms with Crippen LogP contribution in [0, 0.1) is 13.8 Å². The van der Waals surface area contributed by atoms with E-state index in [2.05, 4.69) is 25.3 Å². The van der Waals surface area contributed by atoms with Gasteiger partial charge in [-0.25, -0.2) is 9.50 Å². The lowest BCUT2D eigenvalue weighted by molar-refractivity contribution is -0.144. The lowest BCUT2D eigenvalue weighted by Crippen LogP contribution is -2.21. The molecule has 2 aromatic heterocycles. The highest BCUT2D eigenvalue weighted by Crippen LogP contribution is 2.32. The van der Waals surface area contributed by atoms with Crippen LogP contribution in [0.2, 0.25) is 5.02 Å². The summed E-state index contributed by atoms with van der Waals surface area (Å²) in [6.07, 6.45) is -2.03. The number of nitrogens with one attached hydrogen (secondary N) is 1. The molecule has 1 saturated heterocycles. The van der Waals surface area contributed by atoms with Gasteiger partial charge in [-0.15, -0.1) is 5.10 Å². The number of rotatable bonds is 5. The molecule has 1 N–H and O–H groups in total. The third-order valence-corrected chi connectivity index (χ3v) is 5.82. The maximum atomic E-state index is 13.0. The summed E-state index contributed by atoms with van der Waals surface area (Å²) in [5, 5.41) is 7.00. The van der Waals surface area contributed by atoms with Gasteiger partial charge in [0.25, 0.3) is 11.6 Å². The summed E-state index contributed by atoms with van der Waals surface area (Å²) >= 11 is 6.14. The van der Waals surface area contributed by atoms with Crippen LogP contribution >= 0.6 is 11.6 Å². The molecule has 0 saturated carbocycles. The van der Waals surface area contributed by atoms with Crippen LogP contribution in [0.3, 0.4) is 0 Å². The van der Waals surface area contributed by atoms with Crippen molar-refractivity contribution in [2.75, 3.05) is 23.3 Å². The van der Waals surface area contributed by atoms with Gasteiger partial charge in [-0.2, -0.15) is 18.2 Å². The van der Waals surface area contributed by atoms with Crippen molar-refractivity contribution in [3.05, 3.63) is 46.0 Å². The molecule has 1 aromatic carbocycles. The van der Waals surface area contributed by atoms with E-state index in [-0.39, 0.29) is 18.1 Å². The average molecular weight is 467 g/mol. The summed E-state index contributed by atoms with van der Waals surface area (Å²) in [5.74, 6) is -1.58. The van der Waals surface area contributed by atoms with Crippen molar-refractivity contribution in [3.8, 4) is 0 Å². The number of hydrogen-bond acceptors (Lipinski definition) is 5. The van der Waals surface area contributed by atoms with Crippen LogP contribution in [0.1, 0.15) is 42.0 Å². The Morgan fingerprint density at radius 3 is 2.59 bits per heavy atom. The number of amides is 1. The molecule has 1 fully saturated rings. The van der Waals surface area contributed by atoms with Gasteiger partial charge in [0.1, 0.15) is 0 Å². The first-order chi connectivity index (χ1) is 15.1. The first-order valence-corrected chi connectivity index (χ1v) is 10.7. The molecule has 170 valence electrons. The molecule has 0 unspecified atom stereocenters. The first-order valence-electron chi connectivity index (χ1n) is 10.3. The fourth-order valence-electron chi connectivity index (χ4n) is 3.98. The van der Waals surface area contributed by atoms with Crippen LogP contribution < -0.4 is 10.2 Å². The fourth-order valence-corrected chi connectivity index (χ4v) is 4.16. The zero-order valence-corrected chi connectivity index (χ0v) is 18.4. The van der Waals surface area contributed by atoms with Gasteiger partial charge >= 0.3 is 6.18 Å². The summed E-state index contributed by atoms with van der Waals surface area (Å²) in [4.78, 5) is 22.5. The van der Waals surface area contributed by atoms with Crippen LogP contribution in [0.5, 0.6) is 0 Å². The van der Waals surface area contributed by atoms with Gasteiger partial charge in [-0.3, -0.25) is 4.79 Å². The fraction of sp³-hybridized carbons (Fsp3) is 0.429. The molecule has 0 bridgehead atoms. The number of benzene rings is 1. The first kappa shape index (κ1) is 22.3. The second-order valence-electron chi connectivity index (χ2n) is 7.81. The molecule has 4 rings (SSSR count). The molecule has 1 aliphatic rings. The van der Waals surface area contributed by atoms with Crippen molar-refractivity contribution < 1.29 is 18.0 Å². The largest absolute Gasteiger partial charge is 0.453 e. The van der Waals surface area contributed by atoms with Crippen LogP contribution in [-0.2, 0) is 17.4 Å². The zero-order valence-electron chi connectivity index (χ0n) is 17.6. The summed E-state index contributed by atoms with van der Waals surface area (Å²) < 4.78 is 40.0. The second-order valence-corrected chi connectivity index (χ2v) is 8.25. The quantitative estimate of drug-likeness (QED) is 0.595. The highest BCUT2D eigenvalue weighted by molar-refractivity contribution is 6.31.